The van der Waals surface area contributed by atoms with Crippen LogP contribution >= 0.6 is 12.2 Å². The number of rotatable bonds is 6. The number of nitrogens with one attached hydrogen (secondary N) is 2. The van der Waals surface area contributed by atoms with Gasteiger partial charge in [0.2, 0.25) is 0 Å². The van der Waals surface area contributed by atoms with E-state index in [1.54, 1.807) is 21.3 Å². The van der Waals surface area contributed by atoms with Gasteiger partial charge in [-0.1, -0.05) is 36.4 Å². The Kier molecular flexibility index (Phi) is 6.74. The lowest BCUT2D eigenvalue weighted by Gasteiger charge is -2.29. The Bertz CT molecular complexity index is 1480. The molecule has 0 radical (unpaired) electrons. The molecule has 3 N–H and O–H groups in total. The lowest BCUT2D eigenvalue weighted by Crippen LogP contribution is -2.42. The van der Waals surface area contributed by atoms with Crippen LogP contribution in [0.25, 0.3) is 16.5 Å². The minimum atomic E-state index is -0.324. The van der Waals surface area contributed by atoms with Gasteiger partial charge in [0.15, 0.2) is 5.11 Å². The molecule has 0 aromatic heterocycles. The number of thiocarbonyl (C=S) groups is 1. The number of hydrogen-bond donors (Lipinski definition) is 3. The fraction of sp³-hybridized carbons (Fsp3) is 0.138. The van der Waals surface area contributed by atoms with E-state index >= 15 is 0 Å². The molecular weight excluding hydrogens is 486 g/mol. The first-order valence-electron chi connectivity index (χ1n) is 11.7. The summed E-state index contributed by atoms with van der Waals surface area (Å²) in [6.45, 7) is 0. The van der Waals surface area contributed by atoms with Gasteiger partial charge in [-0.05, 0) is 59.6 Å². The van der Waals surface area contributed by atoms with Crippen LogP contribution in [-0.4, -0.2) is 36.6 Å². The Labute approximate surface area is 220 Å². The number of phenolic OH excluding ortho intramolecular Hbond substituents is 1. The van der Waals surface area contributed by atoms with Gasteiger partial charge in [-0.3, -0.25) is 10.4 Å². The van der Waals surface area contributed by atoms with E-state index in [0.29, 0.717) is 22.2 Å². The Balaban J connectivity index is 1.56. The van der Waals surface area contributed by atoms with Crippen molar-refractivity contribution in [2.24, 2.45) is 0 Å². The second kappa shape index (κ2) is 10.3. The highest BCUT2D eigenvalue weighted by atomic mass is 32.1. The molecule has 188 valence electrons. The van der Waals surface area contributed by atoms with Gasteiger partial charge in [-0.15, -0.1) is 0 Å². The lowest BCUT2D eigenvalue weighted by molar-refractivity contribution is 0.343. The van der Waals surface area contributed by atoms with Crippen LogP contribution in [0.2, 0.25) is 0 Å². The Morgan fingerprint density at radius 2 is 1.59 bits per heavy atom. The summed E-state index contributed by atoms with van der Waals surface area (Å²) in [7, 11) is 4.86. The Morgan fingerprint density at radius 3 is 2.32 bits per heavy atom. The average molecular weight is 514 g/mol. The van der Waals surface area contributed by atoms with Crippen molar-refractivity contribution in [2.75, 3.05) is 26.6 Å². The molecule has 1 unspecified atom stereocenters. The van der Waals surface area contributed by atoms with Gasteiger partial charge in [0.05, 0.1) is 33.1 Å². The molecule has 37 heavy (non-hydrogen) atoms. The molecular formula is C29H27N3O4S. The van der Waals surface area contributed by atoms with Gasteiger partial charge in [0.25, 0.3) is 0 Å². The molecule has 0 saturated heterocycles. The zero-order valence-corrected chi connectivity index (χ0v) is 21.5. The number of benzene rings is 4. The van der Waals surface area contributed by atoms with Crippen molar-refractivity contribution >= 4 is 39.5 Å². The number of ether oxygens (including phenoxy) is 3. The number of methoxy groups -OCH3 is 3. The van der Waals surface area contributed by atoms with Crippen LogP contribution < -0.4 is 25.0 Å². The first-order chi connectivity index (χ1) is 18.0. The number of phenols is 1. The summed E-state index contributed by atoms with van der Waals surface area (Å²) in [6.07, 6.45) is 2.03. The number of nitrogens with zero attached hydrogens (tertiary/aromatic N) is 1. The number of fused-ring (bicyclic) bond motifs is 1. The van der Waals surface area contributed by atoms with E-state index in [9.17, 15) is 5.11 Å². The van der Waals surface area contributed by atoms with Crippen molar-refractivity contribution < 1.29 is 19.3 Å². The molecule has 8 heteroatoms. The van der Waals surface area contributed by atoms with E-state index in [1.165, 1.54) is 0 Å². The molecule has 0 bridgehead atoms. The number of aromatic hydroxyl groups is 1. The monoisotopic (exact) mass is 513 g/mol. The second-order valence-corrected chi connectivity index (χ2v) is 8.88. The van der Waals surface area contributed by atoms with Gasteiger partial charge in [-0.25, -0.2) is 0 Å². The van der Waals surface area contributed by atoms with Gasteiger partial charge in [-0.2, -0.15) is 0 Å². The topological polar surface area (TPSA) is 75.2 Å². The van der Waals surface area contributed by atoms with E-state index in [-0.39, 0.29) is 11.8 Å². The van der Waals surface area contributed by atoms with Crippen molar-refractivity contribution in [2.45, 2.75) is 6.04 Å². The van der Waals surface area contributed by atoms with Crippen molar-refractivity contribution in [1.82, 2.24) is 10.4 Å². The third kappa shape index (κ3) is 4.83. The molecule has 1 heterocycles. The Hall–Kier alpha value is -4.43. The van der Waals surface area contributed by atoms with Crippen molar-refractivity contribution in [1.29, 1.82) is 0 Å². The third-order valence-corrected chi connectivity index (χ3v) is 6.59. The van der Waals surface area contributed by atoms with Crippen LogP contribution in [0.15, 0.2) is 84.9 Å². The van der Waals surface area contributed by atoms with Crippen LogP contribution in [0.3, 0.4) is 0 Å². The van der Waals surface area contributed by atoms with Crippen LogP contribution in [0.4, 0.5) is 5.69 Å². The molecule has 0 aliphatic carbocycles. The minimum Gasteiger partial charge on any atom is -0.507 e. The quantitative estimate of drug-likeness (QED) is 0.277. The maximum Gasteiger partial charge on any atom is 0.193 e. The highest BCUT2D eigenvalue weighted by molar-refractivity contribution is 7.80. The number of anilines is 1. The zero-order valence-electron chi connectivity index (χ0n) is 20.7. The van der Waals surface area contributed by atoms with Gasteiger partial charge < -0.3 is 24.6 Å². The number of hydrogen-bond acceptors (Lipinski definition) is 6. The third-order valence-electron chi connectivity index (χ3n) is 6.29. The number of hydrazine groups is 1. The summed E-state index contributed by atoms with van der Waals surface area (Å²) in [5.74, 6) is 2.25. The van der Waals surface area contributed by atoms with Crippen LogP contribution in [0, 0.1) is 0 Å². The van der Waals surface area contributed by atoms with Crippen LogP contribution in [0.5, 0.6) is 23.0 Å². The van der Waals surface area contributed by atoms with Crippen molar-refractivity contribution in [3.05, 3.63) is 96.1 Å². The molecule has 0 fully saturated rings. The Morgan fingerprint density at radius 1 is 0.865 bits per heavy atom. The molecule has 5 rings (SSSR count). The first-order valence-corrected chi connectivity index (χ1v) is 12.1. The summed E-state index contributed by atoms with van der Waals surface area (Å²) in [4.78, 5) is 0. The molecule has 4 aromatic carbocycles. The fourth-order valence-electron chi connectivity index (χ4n) is 4.40. The molecule has 0 spiro atoms. The normalized spacial score (nSPS) is 14.6. The smallest absolute Gasteiger partial charge is 0.193 e. The summed E-state index contributed by atoms with van der Waals surface area (Å²) < 4.78 is 16.4. The molecule has 1 aliphatic rings. The molecule has 0 saturated carbocycles. The van der Waals surface area contributed by atoms with E-state index in [2.05, 4.69) is 10.7 Å². The van der Waals surface area contributed by atoms with Gasteiger partial charge in [0.1, 0.15) is 23.0 Å². The first kappa shape index (κ1) is 24.3. The van der Waals surface area contributed by atoms with Crippen LogP contribution in [0.1, 0.15) is 17.2 Å². The second-order valence-electron chi connectivity index (χ2n) is 8.50. The minimum absolute atomic E-state index is 0.201. The highest BCUT2D eigenvalue weighted by Crippen LogP contribution is 2.39. The van der Waals surface area contributed by atoms with Crippen LogP contribution in [-0.2, 0) is 0 Å². The molecule has 1 atom stereocenters. The van der Waals surface area contributed by atoms with Gasteiger partial charge >= 0.3 is 0 Å². The largest absolute Gasteiger partial charge is 0.507 e. The molecule has 0 amide bonds. The zero-order chi connectivity index (χ0) is 25.9. The average Bonchev–Trinajstić information content (AvgIpc) is 3.38. The molecule has 1 aliphatic heterocycles. The van der Waals surface area contributed by atoms with E-state index in [4.69, 9.17) is 26.4 Å². The van der Waals surface area contributed by atoms with E-state index < -0.39 is 0 Å². The van der Waals surface area contributed by atoms with E-state index in [0.717, 1.165) is 33.5 Å². The van der Waals surface area contributed by atoms with Crippen molar-refractivity contribution in [3.8, 4) is 23.0 Å². The standard InChI is InChI=1S/C29H27N3O4S/c1-34-21-9-6-8-20(15-21)30-29(37)32-27(19-13-22(35-2)16-23(14-19)36-3)17-26(31-32)25-12-11-18-7-4-5-10-24(18)28(25)33/h4-17,27,31,33H,1-3H3,(H,30,37). The summed E-state index contributed by atoms with van der Waals surface area (Å²) in [6, 6.07) is 24.6. The maximum atomic E-state index is 11.1. The predicted octanol–water partition coefficient (Wildman–Crippen LogP) is 5.87. The van der Waals surface area contributed by atoms with E-state index in [1.807, 2.05) is 89.9 Å². The molecule has 4 aromatic rings. The highest BCUT2D eigenvalue weighted by Gasteiger charge is 2.31. The maximum absolute atomic E-state index is 11.1. The molecule has 7 nitrogen and oxygen atoms in total. The fourth-order valence-corrected chi connectivity index (χ4v) is 4.68. The van der Waals surface area contributed by atoms with Crippen molar-refractivity contribution in [3.63, 3.8) is 0 Å². The SMILES string of the molecule is COc1cccc(NC(=S)N2NC(c3ccc4ccccc4c3O)=CC2c2cc(OC)cc(OC)c2)c1. The van der Waals surface area contributed by atoms with Gasteiger partial charge in [0, 0.05) is 28.8 Å². The lowest BCUT2D eigenvalue weighted by atomic mass is 10.0. The summed E-state index contributed by atoms with van der Waals surface area (Å²) in [5.41, 5.74) is 6.49. The summed E-state index contributed by atoms with van der Waals surface area (Å²) >= 11 is 5.84. The summed E-state index contributed by atoms with van der Waals surface area (Å²) in [5, 5.41) is 18.4. The predicted molar refractivity (Wildman–Crippen MR) is 150 cm³/mol.